The third-order valence-electron chi connectivity index (χ3n) is 2.94. The van der Waals surface area contributed by atoms with Gasteiger partial charge in [0, 0.05) is 16.4 Å². The van der Waals surface area contributed by atoms with Crippen molar-refractivity contribution in [2.75, 3.05) is 11.9 Å². The number of ether oxygens (including phenoxy) is 1. The Morgan fingerprint density at radius 3 is 2.70 bits per heavy atom. The Morgan fingerprint density at radius 2 is 2.15 bits per heavy atom. The van der Waals surface area contributed by atoms with Gasteiger partial charge in [0.05, 0.1) is 0 Å². The fraction of sp³-hybridized carbons (Fsp3) is 0.533. The summed E-state index contributed by atoms with van der Waals surface area (Å²) in [5.74, 6) is 0.478. The van der Waals surface area contributed by atoms with Crippen LogP contribution < -0.4 is 10.1 Å². The van der Waals surface area contributed by atoms with E-state index < -0.39 is 0 Å². The molecular weight excluding hydrogens is 342 g/mol. The van der Waals surface area contributed by atoms with Gasteiger partial charge in [0.15, 0.2) is 6.61 Å². The average molecular weight is 363 g/mol. The Morgan fingerprint density at radius 1 is 1.45 bits per heavy atom. The Hall–Kier alpha value is -0.740. The number of carbonyl (C=O) groups is 1. The van der Waals surface area contributed by atoms with E-state index in [0.717, 1.165) is 11.8 Å². The lowest BCUT2D eigenvalue weighted by atomic mass is 9.85. The van der Waals surface area contributed by atoms with Crippen LogP contribution in [-0.4, -0.2) is 23.9 Å². The highest BCUT2D eigenvalue weighted by Crippen LogP contribution is 2.22. The van der Waals surface area contributed by atoms with Crippen molar-refractivity contribution in [2.24, 2.45) is 5.41 Å². The van der Waals surface area contributed by atoms with E-state index in [0.29, 0.717) is 10.8 Å². The first-order valence-electron chi connectivity index (χ1n) is 6.56. The van der Waals surface area contributed by atoms with Crippen LogP contribution >= 0.6 is 27.5 Å². The summed E-state index contributed by atoms with van der Waals surface area (Å²) in [6.07, 6.45) is 0.881. The lowest BCUT2D eigenvalue weighted by Gasteiger charge is -2.31. The molecule has 0 aromatic heterocycles. The zero-order chi connectivity index (χ0) is 15.2. The summed E-state index contributed by atoms with van der Waals surface area (Å²) < 4.78 is 5.43. The van der Waals surface area contributed by atoms with E-state index in [1.54, 1.807) is 24.3 Å². The normalized spacial score (nSPS) is 12.8. The van der Waals surface area contributed by atoms with Crippen LogP contribution in [0, 0.1) is 5.41 Å². The molecule has 1 aromatic rings. The van der Waals surface area contributed by atoms with Crippen LogP contribution in [0.3, 0.4) is 0 Å². The number of alkyl halides is 1. The molecular formula is C15H21BrClNO2. The molecule has 3 nitrogen and oxygen atoms in total. The molecule has 0 aliphatic rings. The number of carbonyl (C=O) groups excluding carboxylic acids is 1. The minimum absolute atomic E-state index is 0.00475. The van der Waals surface area contributed by atoms with Gasteiger partial charge in [0.2, 0.25) is 0 Å². The summed E-state index contributed by atoms with van der Waals surface area (Å²) >= 11 is 9.28. The van der Waals surface area contributed by atoms with Crippen molar-refractivity contribution >= 4 is 33.4 Å². The second-order valence-electron chi connectivity index (χ2n) is 5.71. The Balaban J connectivity index is 2.50. The second-order valence-corrected chi connectivity index (χ2v) is 6.94. The zero-order valence-corrected chi connectivity index (χ0v) is 14.4. The van der Waals surface area contributed by atoms with Crippen LogP contribution in [0.2, 0.25) is 5.02 Å². The highest BCUT2D eigenvalue weighted by Gasteiger charge is 2.25. The van der Waals surface area contributed by atoms with Gasteiger partial charge in [-0.2, -0.15) is 0 Å². The molecule has 0 bridgehead atoms. The average Bonchev–Trinajstić information content (AvgIpc) is 2.35. The molecule has 0 saturated heterocycles. The van der Waals surface area contributed by atoms with Crippen molar-refractivity contribution in [1.82, 2.24) is 5.32 Å². The van der Waals surface area contributed by atoms with E-state index in [9.17, 15) is 4.79 Å². The van der Waals surface area contributed by atoms with Gasteiger partial charge in [-0.25, -0.2) is 0 Å². The van der Waals surface area contributed by atoms with Crippen LogP contribution in [0.4, 0.5) is 0 Å². The van der Waals surface area contributed by atoms with Crippen LogP contribution in [-0.2, 0) is 4.79 Å². The number of halogens is 2. The molecule has 0 heterocycles. The lowest BCUT2D eigenvalue weighted by molar-refractivity contribution is -0.124. The van der Waals surface area contributed by atoms with Gasteiger partial charge in [0.1, 0.15) is 5.75 Å². The summed E-state index contributed by atoms with van der Waals surface area (Å²) in [5, 5.41) is 4.46. The predicted molar refractivity (Wildman–Crippen MR) is 86.7 cm³/mol. The minimum Gasteiger partial charge on any atom is -0.484 e. The van der Waals surface area contributed by atoms with Crippen molar-refractivity contribution in [2.45, 2.75) is 33.2 Å². The first-order valence-corrected chi connectivity index (χ1v) is 8.06. The molecule has 1 aromatic carbocycles. The smallest absolute Gasteiger partial charge is 0.258 e. The molecule has 1 rings (SSSR count). The number of hydrogen-bond donors (Lipinski definition) is 1. The molecule has 1 atom stereocenters. The minimum atomic E-state index is -0.120. The van der Waals surface area contributed by atoms with Crippen LogP contribution in [0.1, 0.15) is 27.2 Å². The van der Waals surface area contributed by atoms with Crippen LogP contribution in [0.5, 0.6) is 5.75 Å². The van der Waals surface area contributed by atoms with Gasteiger partial charge in [-0.1, -0.05) is 54.4 Å². The summed E-state index contributed by atoms with van der Waals surface area (Å²) in [4.78, 5) is 11.9. The summed E-state index contributed by atoms with van der Waals surface area (Å²) in [7, 11) is 0. The van der Waals surface area contributed by atoms with Gasteiger partial charge < -0.3 is 10.1 Å². The Kier molecular flexibility index (Phi) is 6.83. The van der Waals surface area contributed by atoms with Crippen LogP contribution in [0.25, 0.3) is 0 Å². The van der Waals surface area contributed by atoms with Gasteiger partial charge in [0.25, 0.3) is 5.91 Å². The third-order valence-corrected chi connectivity index (χ3v) is 3.64. The molecule has 1 unspecified atom stereocenters. The summed E-state index contributed by atoms with van der Waals surface area (Å²) in [5.41, 5.74) is 0.0134. The van der Waals surface area contributed by atoms with Crippen molar-refractivity contribution in [3.63, 3.8) is 0 Å². The van der Waals surface area contributed by atoms with Gasteiger partial charge >= 0.3 is 0 Å². The van der Waals surface area contributed by atoms with E-state index in [1.165, 1.54) is 0 Å². The van der Waals surface area contributed by atoms with Crippen molar-refractivity contribution < 1.29 is 9.53 Å². The van der Waals surface area contributed by atoms with Gasteiger partial charge in [-0.15, -0.1) is 0 Å². The quantitative estimate of drug-likeness (QED) is 0.776. The maximum Gasteiger partial charge on any atom is 0.258 e. The predicted octanol–water partition coefficient (Wildman–Crippen LogP) is 4.03. The number of hydrogen-bond acceptors (Lipinski definition) is 2. The molecule has 0 aliphatic carbocycles. The second kappa shape index (κ2) is 7.89. The third kappa shape index (κ3) is 6.14. The molecule has 20 heavy (non-hydrogen) atoms. The number of amides is 1. The van der Waals surface area contributed by atoms with Crippen LogP contribution in [0.15, 0.2) is 24.3 Å². The monoisotopic (exact) mass is 361 g/mol. The molecule has 1 amide bonds. The molecule has 112 valence electrons. The van der Waals surface area contributed by atoms with Crippen molar-refractivity contribution in [1.29, 1.82) is 0 Å². The van der Waals surface area contributed by atoms with Gasteiger partial charge in [-0.3, -0.25) is 4.79 Å². The molecule has 0 spiro atoms. The van der Waals surface area contributed by atoms with Gasteiger partial charge in [-0.05, 0) is 30.0 Å². The SMILES string of the molecule is CC(C)(C)C(CCBr)NC(=O)COc1cccc(Cl)c1. The topological polar surface area (TPSA) is 38.3 Å². The number of nitrogens with one attached hydrogen (secondary N) is 1. The fourth-order valence-corrected chi connectivity index (χ4v) is 2.41. The lowest BCUT2D eigenvalue weighted by Crippen LogP contribution is -2.45. The largest absolute Gasteiger partial charge is 0.484 e. The molecule has 0 aliphatic heterocycles. The van der Waals surface area contributed by atoms with E-state index >= 15 is 0 Å². The Labute approximate surface area is 134 Å². The highest BCUT2D eigenvalue weighted by molar-refractivity contribution is 9.09. The standard InChI is InChI=1S/C15H21BrClNO2/c1-15(2,3)13(7-8-16)18-14(19)10-20-12-6-4-5-11(17)9-12/h4-6,9,13H,7-8,10H2,1-3H3,(H,18,19). The van der Waals surface area contributed by atoms with E-state index in [4.69, 9.17) is 16.3 Å². The first-order chi connectivity index (χ1) is 9.32. The van der Waals surface area contributed by atoms with E-state index in [1.807, 2.05) is 0 Å². The summed E-state index contributed by atoms with van der Waals surface area (Å²) in [6.45, 7) is 6.32. The highest BCUT2D eigenvalue weighted by atomic mass is 79.9. The maximum atomic E-state index is 11.9. The maximum absolute atomic E-state index is 11.9. The summed E-state index contributed by atoms with van der Waals surface area (Å²) in [6, 6.07) is 7.13. The van der Waals surface area contributed by atoms with E-state index in [-0.39, 0.29) is 24.0 Å². The number of rotatable bonds is 6. The molecule has 0 fully saturated rings. The molecule has 5 heteroatoms. The van der Waals surface area contributed by atoms with E-state index in [2.05, 4.69) is 42.0 Å². The Bertz CT molecular complexity index is 446. The molecule has 0 radical (unpaired) electrons. The zero-order valence-electron chi connectivity index (χ0n) is 12.1. The number of benzene rings is 1. The fourth-order valence-electron chi connectivity index (χ4n) is 1.77. The van der Waals surface area contributed by atoms with Crippen molar-refractivity contribution in [3.8, 4) is 5.75 Å². The molecule has 0 saturated carbocycles. The molecule has 1 N–H and O–H groups in total. The first kappa shape index (κ1) is 17.3. The van der Waals surface area contributed by atoms with Crippen molar-refractivity contribution in [3.05, 3.63) is 29.3 Å².